The van der Waals surface area contributed by atoms with Crippen molar-refractivity contribution in [3.8, 4) is 0 Å². The molecule has 1 amide bonds. The lowest BCUT2D eigenvalue weighted by Crippen LogP contribution is -2.20. The van der Waals surface area contributed by atoms with Crippen LogP contribution in [0, 0.1) is 11.7 Å². The number of hydrogen-bond acceptors (Lipinski definition) is 6. The molecule has 1 atom stereocenters. The molecule has 10 heteroatoms. The van der Waals surface area contributed by atoms with Gasteiger partial charge < -0.3 is 15.6 Å². The summed E-state index contributed by atoms with van der Waals surface area (Å²) in [6.07, 6.45) is 6.01. The van der Waals surface area contributed by atoms with Gasteiger partial charge >= 0.3 is 0 Å². The average molecular weight is 398 g/mol. The summed E-state index contributed by atoms with van der Waals surface area (Å²) in [5.41, 5.74) is 6.34. The van der Waals surface area contributed by atoms with Gasteiger partial charge in [0.25, 0.3) is 5.91 Å². The first-order valence-corrected chi connectivity index (χ1v) is 9.57. The number of rotatable bonds is 8. The minimum Gasteiger partial charge on any atom is -0.370 e. The van der Waals surface area contributed by atoms with Crippen molar-refractivity contribution in [2.75, 3.05) is 5.32 Å². The smallest absolute Gasteiger partial charge is 0.251 e. The van der Waals surface area contributed by atoms with Crippen LogP contribution in [0.5, 0.6) is 0 Å². The van der Waals surface area contributed by atoms with Gasteiger partial charge in [0.1, 0.15) is 11.9 Å². The van der Waals surface area contributed by atoms with Gasteiger partial charge in [0.15, 0.2) is 5.82 Å². The van der Waals surface area contributed by atoms with Crippen LogP contribution in [-0.4, -0.2) is 35.7 Å². The molecule has 1 aliphatic carbocycles. The zero-order valence-corrected chi connectivity index (χ0v) is 16.3. The number of nitrogens with zero attached hydrogens (tertiary/aromatic N) is 6. The molecule has 1 unspecified atom stereocenters. The van der Waals surface area contributed by atoms with Crippen LogP contribution in [0.1, 0.15) is 60.6 Å². The highest BCUT2D eigenvalue weighted by Crippen LogP contribution is 2.32. The minimum absolute atomic E-state index is 0.181. The highest BCUT2D eigenvalue weighted by atomic mass is 19.1. The number of amides is 1. The molecule has 2 aromatic heterocycles. The van der Waals surface area contributed by atoms with E-state index in [1.165, 1.54) is 25.0 Å². The van der Waals surface area contributed by atoms with Crippen LogP contribution in [0.4, 0.5) is 10.1 Å². The van der Waals surface area contributed by atoms with Crippen molar-refractivity contribution >= 4 is 11.6 Å². The Morgan fingerprint density at radius 1 is 1.38 bits per heavy atom. The molecule has 29 heavy (non-hydrogen) atoms. The maximum Gasteiger partial charge on any atom is 0.251 e. The molecule has 1 aliphatic rings. The number of benzene rings is 1. The zero-order valence-electron chi connectivity index (χ0n) is 16.3. The Hall–Kier alpha value is -3.30. The number of primary amides is 1. The topological polar surface area (TPSA) is 117 Å². The maximum absolute atomic E-state index is 13.9. The molecule has 0 saturated heterocycles. The Kier molecular flexibility index (Phi) is 4.99. The number of nitrogens with one attached hydrogen (secondary N) is 1. The molecule has 0 aliphatic heterocycles. The number of hydrogen-bond donors (Lipinski definition) is 2. The minimum atomic E-state index is -0.828. The highest BCUT2D eigenvalue weighted by molar-refractivity contribution is 5.94. The van der Waals surface area contributed by atoms with Crippen molar-refractivity contribution < 1.29 is 9.18 Å². The normalized spacial score (nSPS) is 14.9. The van der Waals surface area contributed by atoms with E-state index in [-0.39, 0.29) is 11.6 Å². The first-order chi connectivity index (χ1) is 13.9. The van der Waals surface area contributed by atoms with Gasteiger partial charge in [0, 0.05) is 24.5 Å². The van der Waals surface area contributed by atoms with Gasteiger partial charge in [-0.15, -0.1) is 5.10 Å². The number of halogens is 1. The van der Waals surface area contributed by atoms with Gasteiger partial charge in [-0.1, -0.05) is 0 Å². The first kappa shape index (κ1) is 19.0. The van der Waals surface area contributed by atoms with Gasteiger partial charge in [-0.3, -0.25) is 4.79 Å². The largest absolute Gasteiger partial charge is 0.370 e. The molecular weight excluding hydrogens is 375 g/mol. The molecule has 152 valence electrons. The fourth-order valence-electron chi connectivity index (χ4n) is 3.12. The number of anilines is 1. The molecule has 9 nitrogen and oxygen atoms in total. The third-order valence-electron chi connectivity index (χ3n) is 5.00. The summed E-state index contributed by atoms with van der Waals surface area (Å²) < 4.78 is 17.6. The van der Waals surface area contributed by atoms with Gasteiger partial charge in [0.2, 0.25) is 0 Å². The van der Waals surface area contributed by atoms with E-state index in [2.05, 4.69) is 39.7 Å². The summed E-state index contributed by atoms with van der Waals surface area (Å²) in [7, 11) is 0. The number of imidazole rings is 1. The molecule has 1 aromatic carbocycles. The summed E-state index contributed by atoms with van der Waals surface area (Å²) in [6, 6.07) is 3.91. The van der Waals surface area contributed by atoms with Crippen molar-refractivity contribution in [2.24, 2.45) is 11.7 Å². The molecule has 1 saturated carbocycles. The fraction of sp³-hybridized carbons (Fsp3) is 0.421. The molecule has 2 heterocycles. The van der Waals surface area contributed by atoms with Gasteiger partial charge in [-0.25, -0.2) is 14.1 Å². The predicted molar refractivity (Wildman–Crippen MR) is 104 cm³/mol. The summed E-state index contributed by atoms with van der Waals surface area (Å²) in [5, 5.41) is 15.5. The Morgan fingerprint density at radius 2 is 2.17 bits per heavy atom. The van der Waals surface area contributed by atoms with Crippen LogP contribution in [0.3, 0.4) is 0 Å². The van der Waals surface area contributed by atoms with Crippen LogP contribution >= 0.6 is 0 Å². The number of nitrogens with two attached hydrogens (primary N) is 1. The molecule has 3 N–H and O–H groups in total. The van der Waals surface area contributed by atoms with Crippen molar-refractivity contribution in [1.82, 2.24) is 29.8 Å². The molecule has 1 fully saturated rings. The van der Waals surface area contributed by atoms with Crippen LogP contribution in [0.15, 0.2) is 30.7 Å². The van der Waals surface area contributed by atoms with Crippen LogP contribution < -0.4 is 11.1 Å². The SMILES string of the molecule is CC(C)n1cnc(C(Nc2ccc(F)c(C(N)=O)c2)c2nnnn2CC2CC2)c1. The molecule has 0 bridgehead atoms. The van der Waals surface area contributed by atoms with E-state index in [1.54, 1.807) is 17.1 Å². The van der Waals surface area contributed by atoms with E-state index in [1.807, 2.05) is 10.8 Å². The Balaban J connectivity index is 1.71. The Morgan fingerprint density at radius 3 is 2.83 bits per heavy atom. The maximum atomic E-state index is 13.9. The lowest BCUT2D eigenvalue weighted by atomic mass is 10.1. The molecule has 3 aromatic rings. The van der Waals surface area contributed by atoms with Crippen LogP contribution in [0.2, 0.25) is 0 Å². The van der Waals surface area contributed by atoms with E-state index >= 15 is 0 Å². The average Bonchev–Trinajstić information content (AvgIpc) is 3.16. The lowest BCUT2D eigenvalue weighted by Gasteiger charge is -2.18. The van der Waals surface area contributed by atoms with Crippen LogP contribution in [-0.2, 0) is 6.54 Å². The second-order valence-corrected chi connectivity index (χ2v) is 7.64. The van der Waals surface area contributed by atoms with Crippen molar-refractivity contribution in [3.63, 3.8) is 0 Å². The summed E-state index contributed by atoms with van der Waals surface area (Å²) in [6.45, 7) is 4.86. The van der Waals surface area contributed by atoms with Crippen molar-refractivity contribution in [3.05, 3.63) is 53.6 Å². The van der Waals surface area contributed by atoms with Gasteiger partial charge in [-0.05, 0) is 61.2 Å². The van der Waals surface area contributed by atoms with Crippen molar-refractivity contribution in [2.45, 2.75) is 45.3 Å². The van der Waals surface area contributed by atoms with Gasteiger partial charge in [0.05, 0.1) is 17.6 Å². The molecule has 0 spiro atoms. The number of carbonyl (C=O) groups excluding carboxylic acids is 1. The zero-order chi connectivity index (χ0) is 20.5. The molecule has 0 radical (unpaired) electrons. The quantitative estimate of drug-likeness (QED) is 0.601. The van der Waals surface area contributed by atoms with Gasteiger partial charge in [-0.2, -0.15) is 0 Å². The second-order valence-electron chi connectivity index (χ2n) is 7.64. The monoisotopic (exact) mass is 398 g/mol. The Bertz CT molecular complexity index is 1020. The highest BCUT2D eigenvalue weighted by Gasteiger charge is 2.28. The first-order valence-electron chi connectivity index (χ1n) is 9.57. The lowest BCUT2D eigenvalue weighted by molar-refractivity contribution is 0.0996. The predicted octanol–water partition coefficient (Wildman–Crippen LogP) is 2.30. The standard InChI is InChI=1S/C19H23FN8O/c1-11(2)27-9-16(22-10-27)17(19-24-25-26-28(19)8-12-3-4-12)23-13-5-6-15(20)14(7-13)18(21)29/h5-7,9-12,17,23H,3-4,8H2,1-2H3,(H2,21,29). The third-order valence-corrected chi connectivity index (χ3v) is 5.00. The summed E-state index contributed by atoms with van der Waals surface area (Å²) in [5.74, 6) is -0.304. The van der Waals surface area contributed by atoms with E-state index in [0.29, 0.717) is 17.4 Å². The summed E-state index contributed by atoms with van der Waals surface area (Å²) >= 11 is 0. The fourth-order valence-corrected chi connectivity index (χ4v) is 3.12. The number of carbonyl (C=O) groups is 1. The van der Waals surface area contributed by atoms with Crippen molar-refractivity contribution in [1.29, 1.82) is 0 Å². The Labute approximate surface area is 167 Å². The second kappa shape index (κ2) is 7.61. The summed E-state index contributed by atoms with van der Waals surface area (Å²) in [4.78, 5) is 16.0. The number of aromatic nitrogens is 6. The molecule has 4 rings (SSSR count). The molecular formula is C19H23FN8O. The van der Waals surface area contributed by atoms with E-state index in [4.69, 9.17) is 5.73 Å². The van der Waals surface area contributed by atoms with E-state index < -0.39 is 17.8 Å². The number of tetrazole rings is 1. The third kappa shape index (κ3) is 4.10. The van der Waals surface area contributed by atoms with E-state index in [9.17, 15) is 9.18 Å². The van der Waals surface area contributed by atoms with E-state index in [0.717, 1.165) is 12.2 Å². The van der Waals surface area contributed by atoms with Crippen LogP contribution in [0.25, 0.3) is 0 Å².